The molecule has 0 spiro atoms. The molecule has 4 aromatic rings. The molecular weight excluding hydrogens is 466 g/mol. The molecule has 0 saturated heterocycles. The quantitative estimate of drug-likeness (QED) is 0.302. The van der Waals surface area contributed by atoms with E-state index in [1.165, 1.54) is 12.5 Å². The predicted molar refractivity (Wildman–Crippen MR) is 136 cm³/mol. The van der Waals surface area contributed by atoms with Crippen molar-refractivity contribution in [2.24, 2.45) is 0 Å². The average Bonchev–Trinajstić information content (AvgIpc) is 3.32. The van der Waals surface area contributed by atoms with Gasteiger partial charge in [-0.15, -0.1) is 0 Å². The van der Waals surface area contributed by atoms with Crippen LogP contribution in [0.25, 0.3) is 0 Å². The second kappa shape index (κ2) is 10.0. The van der Waals surface area contributed by atoms with Crippen LogP contribution in [0.3, 0.4) is 0 Å². The summed E-state index contributed by atoms with van der Waals surface area (Å²) in [4.78, 5) is 13.0. The number of aryl methyl sites for hydroxylation is 1. The van der Waals surface area contributed by atoms with E-state index in [4.69, 9.17) is 4.74 Å². The van der Waals surface area contributed by atoms with Crippen molar-refractivity contribution >= 4 is 38.9 Å². The molecule has 10 nitrogen and oxygen atoms in total. The molecule has 0 radical (unpaired) electrons. The summed E-state index contributed by atoms with van der Waals surface area (Å²) in [6.45, 7) is 5.78. The number of hydrogen-bond donors (Lipinski definition) is 3. The zero-order valence-corrected chi connectivity index (χ0v) is 20.7. The molecule has 0 saturated carbocycles. The van der Waals surface area contributed by atoms with Crippen LogP contribution < -0.4 is 20.1 Å². The molecule has 0 aliphatic heterocycles. The van der Waals surface area contributed by atoms with Crippen LogP contribution in [0.15, 0.2) is 72.1 Å². The molecule has 35 heavy (non-hydrogen) atoms. The number of aromatic nitrogens is 4. The molecule has 2 heterocycles. The SMILES string of the molecule is COc1ccc(Nc2cc(C)nc(Nc3ccc(NS(=O)(=O)c4cn(C(C)C)cn4)cc3)n2)cc1. The van der Waals surface area contributed by atoms with E-state index in [2.05, 4.69) is 30.3 Å². The third kappa shape index (κ3) is 6.07. The second-order valence-electron chi connectivity index (χ2n) is 8.13. The largest absolute Gasteiger partial charge is 0.497 e. The minimum atomic E-state index is -3.79. The second-order valence-corrected chi connectivity index (χ2v) is 9.76. The molecule has 3 N–H and O–H groups in total. The Kier molecular flexibility index (Phi) is 6.87. The van der Waals surface area contributed by atoms with Crippen LogP contribution in [-0.4, -0.2) is 35.0 Å². The number of nitrogens with one attached hydrogen (secondary N) is 3. The van der Waals surface area contributed by atoms with Crippen LogP contribution >= 0.6 is 0 Å². The maximum atomic E-state index is 12.6. The van der Waals surface area contributed by atoms with Crippen LogP contribution in [0.1, 0.15) is 25.6 Å². The van der Waals surface area contributed by atoms with Gasteiger partial charge in [0, 0.05) is 41.1 Å². The third-order valence-corrected chi connectivity index (χ3v) is 6.33. The van der Waals surface area contributed by atoms with Gasteiger partial charge in [-0.05, 0) is 69.3 Å². The van der Waals surface area contributed by atoms with E-state index in [9.17, 15) is 8.42 Å². The van der Waals surface area contributed by atoms with Crippen molar-refractivity contribution in [3.05, 3.63) is 72.8 Å². The Morgan fingerprint density at radius 3 is 2.17 bits per heavy atom. The number of imidazole rings is 1. The number of sulfonamides is 1. The highest BCUT2D eigenvalue weighted by Crippen LogP contribution is 2.23. The Morgan fingerprint density at radius 1 is 0.914 bits per heavy atom. The normalized spacial score (nSPS) is 11.3. The van der Waals surface area contributed by atoms with Crippen LogP contribution in [0, 0.1) is 6.92 Å². The van der Waals surface area contributed by atoms with E-state index < -0.39 is 10.0 Å². The lowest BCUT2D eigenvalue weighted by Crippen LogP contribution is -2.13. The summed E-state index contributed by atoms with van der Waals surface area (Å²) in [6.07, 6.45) is 3.02. The Morgan fingerprint density at radius 2 is 1.54 bits per heavy atom. The minimum absolute atomic E-state index is 0.0292. The van der Waals surface area contributed by atoms with Gasteiger partial charge in [-0.25, -0.2) is 9.97 Å². The van der Waals surface area contributed by atoms with Crippen LogP contribution in [-0.2, 0) is 10.0 Å². The Labute approximate surface area is 204 Å². The molecule has 0 bridgehead atoms. The summed E-state index contributed by atoms with van der Waals surface area (Å²) < 4.78 is 34.7. The average molecular weight is 494 g/mol. The van der Waals surface area contributed by atoms with Gasteiger partial charge in [0.25, 0.3) is 10.0 Å². The molecule has 0 amide bonds. The first-order chi connectivity index (χ1) is 16.7. The van der Waals surface area contributed by atoms with Crippen molar-refractivity contribution in [1.29, 1.82) is 0 Å². The van der Waals surface area contributed by atoms with E-state index >= 15 is 0 Å². The number of rotatable bonds is 9. The number of benzene rings is 2. The van der Waals surface area contributed by atoms with Crippen molar-refractivity contribution < 1.29 is 13.2 Å². The number of ether oxygens (including phenoxy) is 1. The monoisotopic (exact) mass is 493 g/mol. The molecule has 182 valence electrons. The molecular formula is C24H27N7O3S. The van der Waals surface area contributed by atoms with Crippen molar-refractivity contribution in [3.63, 3.8) is 0 Å². The summed E-state index contributed by atoms with van der Waals surface area (Å²) in [7, 11) is -2.16. The lowest BCUT2D eigenvalue weighted by Gasteiger charge is -2.11. The fraction of sp³-hybridized carbons (Fsp3) is 0.208. The molecule has 0 atom stereocenters. The van der Waals surface area contributed by atoms with Gasteiger partial charge in [0.2, 0.25) is 5.95 Å². The third-order valence-electron chi connectivity index (χ3n) is 5.06. The van der Waals surface area contributed by atoms with Crippen LogP contribution in [0.5, 0.6) is 5.75 Å². The van der Waals surface area contributed by atoms with Gasteiger partial charge in [-0.2, -0.15) is 13.4 Å². The lowest BCUT2D eigenvalue weighted by molar-refractivity contribution is 0.415. The molecule has 0 aliphatic carbocycles. The van der Waals surface area contributed by atoms with Crippen molar-refractivity contribution in [2.45, 2.75) is 31.8 Å². The molecule has 4 rings (SSSR count). The van der Waals surface area contributed by atoms with Crippen molar-refractivity contribution in [3.8, 4) is 5.75 Å². The van der Waals surface area contributed by atoms with Gasteiger partial charge in [-0.1, -0.05) is 0 Å². The summed E-state index contributed by atoms with van der Waals surface area (Å²) in [6, 6.07) is 16.3. The van der Waals surface area contributed by atoms with Crippen molar-refractivity contribution in [1.82, 2.24) is 19.5 Å². The van der Waals surface area contributed by atoms with Gasteiger partial charge in [-0.3, -0.25) is 4.72 Å². The predicted octanol–water partition coefficient (Wildman–Crippen LogP) is 4.86. The Hall–Kier alpha value is -4.12. The molecule has 0 fully saturated rings. The van der Waals surface area contributed by atoms with E-state index in [-0.39, 0.29) is 11.1 Å². The zero-order valence-electron chi connectivity index (χ0n) is 19.9. The number of methoxy groups -OCH3 is 1. The van der Waals surface area contributed by atoms with E-state index in [1.807, 2.05) is 51.1 Å². The number of nitrogens with zero attached hydrogens (tertiary/aromatic N) is 4. The van der Waals surface area contributed by atoms with Crippen LogP contribution in [0.4, 0.5) is 28.8 Å². The van der Waals surface area contributed by atoms with Gasteiger partial charge in [0.05, 0.1) is 13.4 Å². The molecule has 2 aromatic heterocycles. The van der Waals surface area contributed by atoms with Gasteiger partial charge in [0.15, 0.2) is 5.03 Å². The Balaban J connectivity index is 1.44. The fourth-order valence-corrected chi connectivity index (χ4v) is 4.21. The molecule has 2 aromatic carbocycles. The standard InChI is InChI=1S/C24H27N7O3S/c1-16(2)31-14-23(25-15-31)35(32,33)30-20-7-5-19(6-8-20)28-24-26-17(3)13-22(29-24)27-18-9-11-21(34-4)12-10-18/h5-16,30H,1-4H3,(H2,26,27,28,29). The fourth-order valence-electron chi connectivity index (χ4n) is 3.21. The van der Waals surface area contributed by atoms with E-state index in [0.717, 1.165) is 17.1 Å². The lowest BCUT2D eigenvalue weighted by atomic mass is 10.3. The highest BCUT2D eigenvalue weighted by Gasteiger charge is 2.18. The summed E-state index contributed by atoms with van der Waals surface area (Å²) in [5.74, 6) is 1.82. The smallest absolute Gasteiger partial charge is 0.280 e. The van der Waals surface area contributed by atoms with E-state index in [0.29, 0.717) is 23.1 Å². The first kappa shape index (κ1) is 24.0. The van der Waals surface area contributed by atoms with E-state index in [1.54, 1.807) is 35.9 Å². The van der Waals surface area contributed by atoms with Gasteiger partial charge in [0.1, 0.15) is 11.6 Å². The molecule has 0 aliphatic rings. The number of anilines is 5. The highest BCUT2D eigenvalue weighted by molar-refractivity contribution is 7.92. The molecule has 0 unspecified atom stereocenters. The summed E-state index contributed by atoms with van der Waals surface area (Å²) >= 11 is 0. The van der Waals surface area contributed by atoms with Crippen LogP contribution in [0.2, 0.25) is 0 Å². The first-order valence-electron chi connectivity index (χ1n) is 10.9. The first-order valence-corrected chi connectivity index (χ1v) is 12.4. The topological polar surface area (TPSA) is 123 Å². The minimum Gasteiger partial charge on any atom is -0.497 e. The van der Waals surface area contributed by atoms with Crippen molar-refractivity contribution in [2.75, 3.05) is 22.5 Å². The zero-order chi connectivity index (χ0) is 25.0. The van der Waals surface area contributed by atoms with Gasteiger partial charge < -0.3 is 19.9 Å². The Bertz CT molecular complexity index is 1400. The van der Waals surface area contributed by atoms with Gasteiger partial charge >= 0.3 is 0 Å². The molecule has 11 heteroatoms. The summed E-state index contributed by atoms with van der Waals surface area (Å²) in [5.41, 5.74) is 2.77. The maximum absolute atomic E-state index is 12.6. The maximum Gasteiger partial charge on any atom is 0.280 e. The highest BCUT2D eigenvalue weighted by atomic mass is 32.2. The summed E-state index contributed by atoms with van der Waals surface area (Å²) in [5, 5.41) is 6.37. The number of hydrogen-bond acceptors (Lipinski definition) is 8.